The Morgan fingerprint density at radius 2 is 2.29 bits per heavy atom. The number of hydroxylamine groups is 2. The average Bonchev–Trinajstić information content (AvgIpc) is 2.89. The van der Waals surface area contributed by atoms with Gasteiger partial charge in [0, 0.05) is 25.7 Å². The lowest BCUT2D eigenvalue weighted by Crippen LogP contribution is -2.40. The summed E-state index contributed by atoms with van der Waals surface area (Å²) in [7, 11) is 0. The second-order valence-corrected chi connectivity index (χ2v) is 5.48. The number of likely N-dealkylation sites (tertiary alicyclic amines) is 1. The van der Waals surface area contributed by atoms with Crippen LogP contribution in [-0.2, 0) is 21.0 Å². The zero-order valence-corrected chi connectivity index (χ0v) is 11.9. The highest BCUT2D eigenvalue weighted by Gasteiger charge is 2.37. The van der Waals surface area contributed by atoms with Crippen molar-refractivity contribution < 1.29 is 14.4 Å². The van der Waals surface area contributed by atoms with Crippen LogP contribution in [0.1, 0.15) is 25.0 Å². The minimum Gasteiger partial charge on any atom is -0.336 e. The van der Waals surface area contributed by atoms with Crippen LogP contribution in [-0.4, -0.2) is 46.5 Å². The van der Waals surface area contributed by atoms with Gasteiger partial charge in [-0.3, -0.25) is 19.4 Å². The third kappa shape index (κ3) is 3.21. The van der Waals surface area contributed by atoms with E-state index in [9.17, 15) is 9.59 Å². The van der Waals surface area contributed by atoms with Gasteiger partial charge < -0.3 is 4.90 Å². The Balaban J connectivity index is 1.60. The molecule has 112 valence electrons. The lowest BCUT2D eigenvalue weighted by Gasteiger charge is -2.28. The molecule has 2 aliphatic heterocycles. The smallest absolute Gasteiger partial charge is 0.251 e. The fourth-order valence-corrected chi connectivity index (χ4v) is 2.75. The third-order valence-electron chi connectivity index (χ3n) is 3.89. The Hall–Kier alpha value is -1.95. The second-order valence-electron chi connectivity index (χ2n) is 5.48. The summed E-state index contributed by atoms with van der Waals surface area (Å²) in [6.07, 6.45) is 3.93. The number of aromatic nitrogens is 1. The summed E-state index contributed by atoms with van der Waals surface area (Å²) in [4.78, 5) is 35.7. The number of rotatable bonds is 3. The van der Waals surface area contributed by atoms with E-state index in [4.69, 9.17) is 4.84 Å². The van der Waals surface area contributed by atoms with Crippen molar-refractivity contribution in [2.24, 2.45) is 5.92 Å². The first-order valence-electron chi connectivity index (χ1n) is 7.36. The second kappa shape index (κ2) is 6.22. The molecule has 3 heterocycles. The first-order chi connectivity index (χ1) is 10.2. The predicted molar refractivity (Wildman–Crippen MR) is 74.7 cm³/mol. The molecular formula is C15H19N3O3. The lowest BCUT2D eigenvalue weighted by molar-refractivity contribution is -0.200. The van der Waals surface area contributed by atoms with Crippen molar-refractivity contribution in [3.05, 3.63) is 30.1 Å². The van der Waals surface area contributed by atoms with Gasteiger partial charge in [-0.2, -0.15) is 0 Å². The summed E-state index contributed by atoms with van der Waals surface area (Å²) < 4.78 is 0. The van der Waals surface area contributed by atoms with Crippen LogP contribution in [0.4, 0.5) is 0 Å². The summed E-state index contributed by atoms with van der Waals surface area (Å²) in [6, 6.07) is 5.62. The van der Waals surface area contributed by atoms with Gasteiger partial charge in [-0.05, 0) is 25.0 Å². The molecule has 0 aromatic carbocycles. The quantitative estimate of drug-likeness (QED) is 0.832. The molecule has 0 bridgehead atoms. The van der Waals surface area contributed by atoms with Gasteiger partial charge >= 0.3 is 0 Å². The predicted octanol–water partition coefficient (Wildman–Crippen LogP) is 0.984. The number of pyridine rings is 1. The molecule has 2 fully saturated rings. The molecule has 0 spiro atoms. The Kier molecular flexibility index (Phi) is 4.15. The van der Waals surface area contributed by atoms with E-state index < -0.39 is 0 Å². The van der Waals surface area contributed by atoms with Crippen LogP contribution in [0.5, 0.6) is 0 Å². The van der Waals surface area contributed by atoms with E-state index in [-0.39, 0.29) is 24.2 Å². The fourth-order valence-electron chi connectivity index (χ4n) is 2.75. The molecule has 2 amide bonds. The Morgan fingerprint density at radius 3 is 3.00 bits per heavy atom. The molecule has 1 aromatic rings. The standard InChI is InChI=1S/C15H19N3O3/c19-14-9-12(15(20)18-7-3-4-8-21-18)10-17(14)11-13-5-1-2-6-16-13/h1-2,5-6,12H,3-4,7-11H2/t12-/m0/s1. The summed E-state index contributed by atoms with van der Waals surface area (Å²) in [5.41, 5.74) is 0.841. The molecular weight excluding hydrogens is 270 g/mol. The van der Waals surface area contributed by atoms with E-state index in [0.29, 0.717) is 26.2 Å². The van der Waals surface area contributed by atoms with Crippen molar-refractivity contribution in [1.29, 1.82) is 0 Å². The lowest BCUT2D eigenvalue weighted by atomic mass is 10.1. The normalized spacial score (nSPS) is 22.7. The van der Waals surface area contributed by atoms with Gasteiger partial charge in [-0.1, -0.05) is 6.07 Å². The molecule has 2 saturated heterocycles. The van der Waals surface area contributed by atoms with Gasteiger partial charge in [0.2, 0.25) is 5.91 Å². The summed E-state index contributed by atoms with van der Waals surface area (Å²) in [5.74, 6) is -0.345. The maximum Gasteiger partial charge on any atom is 0.251 e. The highest BCUT2D eigenvalue weighted by molar-refractivity contribution is 5.88. The van der Waals surface area contributed by atoms with Crippen LogP contribution in [0.2, 0.25) is 0 Å². The monoisotopic (exact) mass is 289 g/mol. The number of hydrogen-bond donors (Lipinski definition) is 0. The summed E-state index contributed by atoms with van der Waals surface area (Å²) in [6.45, 7) is 2.13. The molecule has 2 aliphatic rings. The van der Waals surface area contributed by atoms with Crippen molar-refractivity contribution in [3.63, 3.8) is 0 Å². The highest BCUT2D eigenvalue weighted by atomic mass is 16.7. The molecule has 0 radical (unpaired) electrons. The van der Waals surface area contributed by atoms with Gasteiger partial charge in [-0.25, -0.2) is 5.06 Å². The van der Waals surface area contributed by atoms with Crippen LogP contribution in [0, 0.1) is 5.92 Å². The molecule has 0 aliphatic carbocycles. The minimum atomic E-state index is -0.292. The highest BCUT2D eigenvalue weighted by Crippen LogP contribution is 2.23. The molecule has 0 N–H and O–H groups in total. The SMILES string of the molecule is O=C1C[C@H](C(=O)N2CCCCO2)CN1Cc1ccccn1. The van der Waals surface area contributed by atoms with Crippen molar-refractivity contribution in [1.82, 2.24) is 14.9 Å². The number of amides is 2. The van der Waals surface area contributed by atoms with Crippen LogP contribution in [0.15, 0.2) is 24.4 Å². The zero-order valence-electron chi connectivity index (χ0n) is 11.9. The van der Waals surface area contributed by atoms with Crippen LogP contribution >= 0.6 is 0 Å². The molecule has 21 heavy (non-hydrogen) atoms. The van der Waals surface area contributed by atoms with E-state index in [2.05, 4.69) is 4.98 Å². The van der Waals surface area contributed by atoms with Crippen LogP contribution in [0.3, 0.4) is 0 Å². The van der Waals surface area contributed by atoms with E-state index in [1.165, 1.54) is 5.06 Å². The Morgan fingerprint density at radius 1 is 1.38 bits per heavy atom. The van der Waals surface area contributed by atoms with Crippen molar-refractivity contribution in [2.45, 2.75) is 25.8 Å². The maximum atomic E-state index is 12.4. The minimum absolute atomic E-state index is 0.0102. The summed E-state index contributed by atoms with van der Waals surface area (Å²) in [5, 5.41) is 1.44. The fraction of sp³-hybridized carbons (Fsp3) is 0.533. The Labute approximate surface area is 123 Å². The van der Waals surface area contributed by atoms with Crippen LogP contribution in [0.25, 0.3) is 0 Å². The maximum absolute atomic E-state index is 12.4. The molecule has 0 unspecified atom stereocenters. The number of carbonyl (C=O) groups is 2. The van der Waals surface area contributed by atoms with Gasteiger partial charge in [0.05, 0.1) is 24.8 Å². The van der Waals surface area contributed by atoms with Gasteiger partial charge in [0.25, 0.3) is 5.91 Å². The molecule has 3 rings (SSSR count). The largest absolute Gasteiger partial charge is 0.336 e. The zero-order chi connectivity index (χ0) is 14.7. The molecule has 0 saturated carbocycles. The van der Waals surface area contributed by atoms with E-state index in [1.807, 2.05) is 18.2 Å². The van der Waals surface area contributed by atoms with Crippen LogP contribution < -0.4 is 0 Å². The van der Waals surface area contributed by atoms with E-state index in [1.54, 1.807) is 11.1 Å². The van der Waals surface area contributed by atoms with E-state index in [0.717, 1.165) is 18.5 Å². The molecule has 1 aromatic heterocycles. The third-order valence-corrected chi connectivity index (χ3v) is 3.89. The van der Waals surface area contributed by atoms with Gasteiger partial charge in [0.15, 0.2) is 0 Å². The first-order valence-corrected chi connectivity index (χ1v) is 7.36. The number of nitrogens with zero attached hydrogens (tertiary/aromatic N) is 3. The van der Waals surface area contributed by atoms with Crippen molar-refractivity contribution in [2.75, 3.05) is 19.7 Å². The Bertz CT molecular complexity index is 514. The van der Waals surface area contributed by atoms with Crippen molar-refractivity contribution >= 4 is 11.8 Å². The van der Waals surface area contributed by atoms with Gasteiger partial charge in [0.1, 0.15) is 0 Å². The molecule has 6 heteroatoms. The van der Waals surface area contributed by atoms with Gasteiger partial charge in [-0.15, -0.1) is 0 Å². The van der Waals surface area contributed by atoms with E-state index >= 15 is 0 Å². The number of hydrogen-bond acceptors (Lipinski definition) is 4. The van der Waals surface area contributed by atoms with Crippen molar-refractivity contribution in [3.8, 4) is 0 Å². The number of carbonyl (C=O) groups excluding carboxylic acids is 2. The summed E-state index contributed by atoms with van der Waals surface area (Å²) >= 11 is 0. The average molecular weight is 289 g/mol. The molecule has 1 atom stereocenters. The first kappa shape index (κ1) is 14.0. The molecule has 6 nitrogen and oxygen atoms in total. The topological polar surface area (TPSA) is 62.7 Å².